The van der Waals surface area contributed by atoms with Crippen molar-refractivity contribution in [1.82, 2.24) is 4.98 Å². The number of halogens is 1. The van der Waals surface area contributed by atoms with Crippen molar-refractivity contribution in [2.24, 2.45) is 0 Å². The highest BCUT2D eigenvalue weighted by molar-refractivity contribution is 6.20. The van der Waals surface area contributed by atoms with Gasteiger partial charge in [0.25, 0.3) is 0 Å². The molecule has 0 radical (unpaired) electrons. The van der Waals surface area contributed by atoms with Crippen LogP contribution < -0.4 is 0 Å². The molecule has 0 spiro atoms. The molecule has 1 heterocycles. The Balaban J connectivity index is 2.14. The van der Waals surface area contributed by atoms with E-state index in [0.717, 1.165) is 17.7 Å². The van der Waals surface area contributed by atoms with E-state index in [9.17, 15) is 0 Å². The predicted octanol–water partition coefficient (Wildman–Crippen LogP) is 5.21. The summed E-state index contributed by atoms with van der Waals surface area (Å²) >= 11 is 6.54. The molecule has 1 atom stereocenters. The number of hydrogen-bond acceptors (Lipinski definition) is 1. The number of rotatable bonds is 3. The average molecular weight is 288 g/mol. The summed E-state index contributed by atoms with van der Waals surface area (Å²) in [5.74, 6) is 0. The van der Waals surface area contributed by atoms with E-state index in [1.165, 1.54) is 11.1 Å². The maximum atomic E-state index is 6.54. The Hall–Kier alpha value is -1.34. The quantitative estimate of drug-likeness (QED) is 0.706. The molecule has 0 saturated heterocycles. The number of aromatic nitrogens is 1. The molecule has 0 aliphatic rings. The van der Waals surface area contributed by atoms with Crippen molar-refractivity contribution in [3.8, 4) is 0 Å². The van der Waals surface area contributed by atoms with Crippen LogP contribution in [0.15, 0.2) is 42.6 Å². The molecule has 2 rings (SSSR count). The largest absolute Gasteiger partial charge is 0.261 e. The van der Waals surface area contributed by atoms with E-state index >= 15 is 0 Å². The standard InChI is InChI=1S/C18H22ClN/c1-13-6-5-11-20-17(13)12-16(19)14-7-9-15(10-8-14)18(2,3)4/h5-11,16H,12H2,1-4H3. The number of pyridine rings is 1. The molecular weight excluding hydrogens is 266 g/mol. The third-order valence-electron chi connectivity index (χ3n) is 3.63. The van der Waals surface area contributed by atoms with Crippen LogP contribution in [-0.2, 0) is 11.8 Å². The highest BCUT2D eigenvalue weighted by Gasteiger charge is 2.15. The fourth-order valence-corrected chi connectivity index (χ4v) is 2.50. The minimum atomic E-state index is -0.0300. The number of nitrogens with zero attached hydrogens (tertiary/aromatic N) is 1. The van der Waals surface area contributed by atoms with Gasteiger partial charge in [0.1, 0.15) is 0 Å². The van der Waals surface area contributed by atoms with Gasteiger partial charge in [0.2, 0.25) is 0 Å². The lowest BCUT2D eigenvalue weighted by molar-refractivity contribution is 0.590. The van der Waals surface area contributed by atoms with Crippen molar-refractivity contribution < 1.29 is 0 Å². The van der Waals surface area contributed by atoms with Gasteiger partial charge in [0.05, 0.1) is 5.38 Å². The maximum absolute atomic E-state index is 6.54. The molecule has 1 nitrogen and oxygen atoms in total. The van der Waals surface area contributed by atoms with Crippen LogP contribution in [0.3, 0.4) is 0 Å². The fraction of sp³-hybridized carbons (Fsp3) is 0.389. The van der Waals surface area contributed by atoms with Crippen molar-refractivity contribution >= 4 is 11.6 Å². The van der Waals surface area contributed by atoms with Crippen LogP contribution in [0.5, 0.6) is 0 Å². The number of hydrogen-bond donors (Lipinski definition) is 0. The van der Waals surface area contributed by atoms with Crippen LogP contribution in [-0.4, -0.2) is 4.98 Å². The van der Waals surface area contributed by atoms with E-state index < -0.39 is 0 Å². The van der Waals surface area contributed by atoms with Gasteiger partial charge in [-0.25, -0.2) is 0 Å². The zero-order valence-electron chi connectivity index (χ0n) is 12.7. The van der Waals surface area contributed by atoms with Gasteiger partial charge >= 0.3 is 0 Å². The Kier molecular flexibility index (Phi) is 4.49. The summed E-state index contributed by atoms with van der Waals surface area (Å²) in [5.41, 5.74) is 4.94. The molecule has 1 aromatic carbocycles. The monoisotopic (exact) mass is 287 g/mol. The third kappa shape index (κ3) is 3.61. The summed E-state index contributed by atoms with van der Waals surface area (Å²) in [4.78, 5) is 4.42. The topological polar surface area (TPSA) is 12.9 Å². The molecule has 0 N–H and O–H groups in total. The van der Waals surface area contributed by atoms with Crippen molar-refractivity contribution in [3.05, 3.63) is 65.0 Å². The van der Waals surface area contributed by atoms with Crippen molar-refractivity contribution in [3.63, 3.8) is 0 Å². The van der Waals surface area contributed by atoms with E-state index in [0.29, 0.717) is 0 Å². The summed E-state index contributed by atoms with van der Waals surface area (Å²) < 4.78 is 0. The molecule has 106 valence electrons. The molecule has 0 amide bonds. The smallest absolute Gasteiger partial charge is 0.0640 e. The Morgan fingerprint density at radius 3 is 2.30 bits per heavy atom. The first-order valence-corrected chi connectivity index (χ1v) is 7.46. The second-order valence-electron chi connectivity index (χ2n) is 6.31. The van der Waals surface area contributed by atoms with E-state index in [-0.39, 0.29) is 10.8 Å². The van der Waals surface area contributed by atoms with Crippen LogP contribution >= 0.6 is 11.6 Å². The molecule has 0 aliphatic heterocycles. The highest BCUT2D eigenvalue weighted by Crippen LogP contribution is 2.28. The van der Waals surface area contributed by atoms with E-state index in [2.05, 4.69) is 63.0 Å². The molecule has 20 heavy (non-hydrogen) atoms. The first kappa shape index (κ1) is 15.1. The van der Waals surface area contributed by atoms with Gasteiger partial charge in [-0.1, -0.05) is 51.1 Å². The van der Waals surface area contributed by atoms with Crippen molar-refractivity contribution in [2.45, 2.75) is 44.9 Å². The average Bonchev–Trinajstić information content (AvgIpc) is 2.40. The minimum Gasteiger partial charge on any atom is -0.261 e. The van der Waals surface area contributed by atoms with Crippen LogP contribution in [0.2, 0.25) is 0 Å². The summed E-state index contributed by atoms with van der Waals surface area (Å²) in [7, 11) is 0. The first-order valence-electron chi connectivity index (χ1n) is 7.03. The zero-order chi connectivity index (χ0) is 14.8. The van der Waals surface area contributed by atoms with Gasteiger partial charge in [-0.3, -0.25) is 4.98 Å². The first-order chi connectivity index (χ1) is 9.38. The van der Waals surface area contributed by atoms with Gasteiger partial charge in [-0.05, 0) is 35.1 Å². The van der Waals surface area contributed by atoms with Crippen LogP contribution in [0.25, 0.3) is 0 Å². The van der Waals surface area contributed by atoms with Gasteiger partial charge in [-0.15, -0.1) is 11.6 Å². The summed E-state index contributed by atoms with van der Waals surface area (Å²) in [6, 6.07) is 12.7. The molecular formula is C18H22ClN. The Morgan fingerprint density at radius 2 is 1.75 bits per heavy atom. The third-order valence-corrected chi connectivity index (χ3v) is 4.04. The molecule has 0 bridgehead atoms. The lowest BCUT2D eigenvalue weighted by Crippen LogP contribution is -2.11. The normalized spacial score (nSPS) is 13.2. The van der Waals surface area contributed by atoms with Crippen LogP contribution in [0.4, 0.5) is 0 Å². The van der Waals surface area contributed by atoms with E-state index in [1.54, 1.807) is 0 Å². The highest BCUT2D eigenvalue weighted by atomic mass is 35.5. The van der Waals surface area contributed by atoms with Crippen LogP contribution in [0, 0.1) is 6.92 Å². The predicted molar refractivity (Wildman–Crippen MR) is 86.4 cm³/mol. The number of aryl methyl sites for hydroxylation is 1. The van der Waals surface area contributed by atoms with E-state index in [4.69, 9.17) is 11.6 Å². The van der Waals surface area contributed by atoms with Crippen molar-refractivity contribution in [1.29, 1.82) is 0 Å². The van der Waals surface area contributed by atoms with Gasteiger partial charge in [0, 0.05) is 18.3 Å². The molecule has 0 fully saturated rings. The van der Waals surface area contributed by atoms with Gasteiger partial charge in [-0.2, -0.15) is 0 Å². The Bertz CT molecular complexity index is 567. The second kappa shape index (κ2) is 5.97. The number of alkyl halides is 1. The molecule has 1 aromatic heterocycles. The van der Waals surface area contributed by atoms with Gasteiger partial charge in [0.15, 0.2) is 0 Å². The summed E-state index contributed by atoms with van der Waals surface area (Å²) in [6.45, 7) is 8.74. The molecule has 2 heteroatoms. The summed E-state index contributed by atoms with van der Waals surface area (Å²) in [6.07, 6.45) is 2.59. The van der Waals surface area contributed by atoms with Crippen molar-refractivity contribution in [2.75, 3.05) is 0 Å². The molecule has 2 aromatic rings. The number of benzene rings is 1. The molecule has 0 saturated carbocycles. The lowest BCUT2D eigenvalue weighted by atomic mass is 9.86. The maximum Gasteiger partial charge on any atom is 0.0640 e. The summed E-state index contributed by atoms with van der Waals surface area (Å²) in [5, 5.41) is -0.0300. The Morgan fingerprint density at radius 1 is 1.10 bits per heavy atom. The molecule has 1 unspecified atom stereocenters. The van der Waals surface area contributed by atoms with Crippen LogP contribution in [0.1, 0.15) is 48.5 Å². The Labute approximate surface area is 127 Å². The van der Waals surface area contributed by atoms with E-state index in [1.807, 2.05) is 12.3 Å². The van der Waals surface area contributed by atoms with Gasteiger partial charge < -0.3 is 0 Å². The second-order valence-corrected chi connectivity index (χ2v) is 6.84. The molecule has 0 aliphatic carbocycles. The lowest BCUT2D eigenvalue weighted by Gasteiger charge is -2.20. The SMILES string of the molecule is Cc1cccnc1CC(Cl)c1ccc(C(C)(C)C)cc1. The fourth-order valence-electron chi connectivity index (χ4n) is 2.21. The zero-order valence-corrected chi connectivity index (χ0v) is 13.4. The minimum absolute atomic E-state index is 0.0300.